The lowest BCUT2D eigenvalue weighted by molar-refractivity contribution is 0.782. The van der Waals surface area contributed by atoms with E-state index in [2.05, 4.69) is 38.7 Å². The lowest BCUT2D eigenvalue weighted by Crippen LogP contribution is -2.00. The van der Waals surface area contributed by atoms with Crippen molar-refractivity contribution in [1.82, 2.24) is 25.2 Å². The van der Waals surface area contributed by atoms with Crippen LogP contribution in [0.2, 0.25) is 0 Å². The highest BCUT2D eigenvalue weighted by Crippen LogP contribution is 2.26. The Labute approximate surface area is 131 Å². The number of rotatable bonds is 4. The molecule has 0 fully saturated rings. The summed E-state index contributed by atoms with van der Waals surface area (Å²) >= 11 is 1.76. The second-order valence-electron chi connectivity index (χ2n) is 4.88. The van der Waals surface area contributed by atoms with Crippen LogP contribution in [0.5, 0.6) is 0 Å². The van der Waals surface area contributed by atoms with Crippen molar-refractivity contribution < 1.29 is 0 Å². The van der Waals surface area contributed by atoms with Crippen molar-refractivity contribution in [1.29, 1.82) is 0 Å². The normalized spacial score (nSPS) is 11.1. The van der Waals surface area contributed by atoms with Crippen LogP contribution in [-0.4, -0.2) is 25.2 Å². The maximum atomic E-state index is 4.18. The fourth-order valence-corrected chi connectivity index (χ4v) is 3.20. The average molecular weight is 307 g/mol. The molecule has 2 aromatic heterocycles. The summed E-state index contributed by atoms with van der Waals surface area (Å²) in [6, 6.07) is 16.3. The largest absolute Gasteiger partial charge is 0.278 e. The third-order valence-corrected chi connectivity index (χ3v) is 4.45. The van der Waals surface area contributed by atoms with E-state index in [1.807, 2.05) is 47.4 Å². The Morgan fingerprint density at radius 1 is 1.05 bits per heavy atom. The molecule has 0 radical (unpaired) electrons. The van der Waals surface area contributed by atoms with Gasteiger partial charge in [0.15, 0.2) is 0 Å². The number of aromatic amines is 1. The van der Waals surface area contributed by atoms with Crippen LogP contribution in [-0.2, 0) is 5.75 Å². The molecule has 1 N–H and O–H groups in total. The molecule has 0 aliphatic heterocycles. The van der Waals surface area contributed by atoms with Gasteiger partial charge in [0.1, 0.15) is 0 Å². The summed E-state index contributed by atoms with van der Waals surface area (Å²) < 4.78 is 1.88. The quantitative estimate of drug-likeness (QED) is 0.587. The molecule has 4 aromatic rings. The van der Waals surface area contributed by atoms with E-state index in [1.165, 1.54) is 4.90 Å². The highest BCUT2D eigenvalue weighted by molar-refractivity contribution is 7.98. The third-order valence-electron chi connectivity index (χ3n) is 3.42. The van der Waals surface area contributed by atoms with E-state index in [1.54, 1.807) is 11.8 Å². The van der Waals surface area contributed by atoms with Gasteiger partial charge in [0, 0.05) is 16.0 Å². The zero-order valence-corrected chi connectivity index (χ0v) is 12.5. The van der Waals surface area contributed by atoms with Gasteiger partial charge >= 0.3 is 0 Å². The van der Waals surface area contributed by atoms with Crippen LogP contribution in [0.4, 0.5) is 0 Å². The summed E-state index contributed by atoms with van der Waals surface area (Å²) in [5, 5.41) is 16.4. The number of nitrogens with zero attached hydrogens (tertiary/aromatic N) is 4. The number of benzene rings is 2. The Morgan fingerprint density at radius 2 is 1.95 bits per heavy atom. The van der Waals surface area contributed by atoms with Crippen molar-refractivity contribution in [2.45, 2.75) is 10.6 Å². The number of fused-ring (bicyclic) bond motifs is 1. The van der Waals surface area contributed by atoms with Crippen molar-refractivity contribution in [3.8, 4) is 5.69 Å². The van der Waals surface area contributed by atoms with Gasteiger partial charge in [0.2, 0.25) is 0 Å². The average Bonchev–Trinajstić information content (AvgIpc) is 3.22. The Hall–Kier alpha value is -2.60. The molecule has 0 unspecified atom stereocenters. The third kappa shape index (κ3) is 2.48. The van der Waals surface area contributed by atoms with Gasteiger partial charge in [-0.3, -0.25) is 5.10 Å². The first kappa shape index (κ1) is 13.1. The standard InChI is InChI=1S/C16H13N5S/c1-2-4-13(5-3-1)21-14(10-18-20-21)11-22-15-6-7-16-12(8-15)9-17-19-16/h1-10H,11H2,(H,17,19). The molecule has 0 amide bonds. The van der Waals surface area contributed by atoms with E-state index in [0.29, 0.717) is 0 Å². The predicted molar refractivity (Wildman–Crippen MR) is 87.0 cm³/mol. The zero-order valence-electron chi connectivity index (χ0n) is 11.7. The van der Waals surface area contributed by atoms with E-state index >= 15 is 0 Å². The van der Waals surface area contributed by atoms with E-state index in [-0.39, 0.29) is 0 Å². The lowest BCUT2D eigenvalue weighted by Gasteiger charge is -2.06. The SMILES string of the molecule is c1ccc(-n2nncc2CSc2ccc3[nH]ncc3c2)cc1. The molecule has 22 heavy (non-hydrogen) atoms. The Bertz CT molecular complexity index is 897. The molecule has 108 valence electrons. The van der Waals surface area contributed by atoms with Crippen LogP contribution in [0.15, 0.2) is 65.8 Å². The number of H-pyrrole nitrogens is 1. The van der Waals surface area contributed by atoms with Crippen molar-refractivity contribution in [2.75, 3.05) is 0 Å². The monoisotopic (exact) mass is 307 g/mol. The molecular weight excluding hydrogens is 294 g/mol. The number of thioether (sulfide) groups is 1. The molecule has 0 saturated heterocycles. The maximum absolute atomic E-state index is 4.18. The van der Waals surface area contributed by atoms with E-state index in [4.69, 9.17) is 0 Å². The maximum Gasteiger partial charge on any atom is 0.0748 e. The fourth-order valence-electron chi connectivity index (χ4n) is 2.31. The van der Waals surface area contributed by atoms with Crippen molar-refractivity contribution >= 4 is 22.7 Å². The molecular formula is C16H13N5S. The Kier molecular flexibility index (Phi) is 3.36. The molecule has 2 aromatic carbocycles. The number of hydrogen-bond donors (Lipinski definition) is 1. The second kappa shape index (κ2) is 5.65. The van der Waals surface area contributed by atoms with Crippen LogP contribution >= 0.6 is 11.8 Å². The van der Waals surface area contributed by atoms with Gasteiger partial charge in [-0.15, -0.1) is 16.9 Å². The highest BCUT2D eigenvalue weighted by atomic mass is 32.2. The summed E-state index contributed by atoms with van der Waals surface area (Å²) in [6.45, 7) is 0. The van der Waals surface area contributed by atoms with Gasteiger partial charge in [-0.05, 0) is 30.3 Å². The van der Waals surface area contributed by atoms with Crippen LogP contribution in [0.25, 0.3) is 16.6 Å². The molecule has 0 saturated carbocycles. The van der Waals surface area contributed by atoms with Gasteiger partial charge in [-0.2, -0.15) is 5.10 Å². The minimum Gasteiger partial charge on any atom is -0.278 e. The van der Waals surface area contributed by atoms with Gasteiger partial charge in [-0.1, -0.05) is 23.4 Å². The molecule has 0 spiro atoms. The van der Waals surface area contributed by atoms with E-state index in [0.717, 1.165) is 28.0 Å². The highest BCUT2D eigenvalue weighted by Gasteiger charge is 2.07. The zero-order chi connectivity index (χ0) is 14.8. The number of para-hydroxylation sites is 1. The second-order valence-corrected chi connectivity index (χ2v) is 5.93. The van der Waals surface area contributed by atoms with E-state index < -0.39 is 0 Å². The first-order chi connectivity index (χ1) is 10.9. The predicted octanol–water partition coefficient (Wildman–Crippen LogP) is 3.44. The molecule has 0 aliphatic rings. The summed E-state index contributed by atoms with van der Waals surface area (Å²) in [7, 11) is 0. The summed E-state index contributed by atoms with van der Waals surface area (Å²) in [5.41, 5.74) is 3.16. The topological polar surface area (TPSA) is 59.4 Å². The first-order valence-electron chi connectivity index (χ1n) is 6.91. The number of aromatic nitrogens is 5. The lowest BCUT2D eigenvalue weighted by atomic mass is 10.3. The number of nitrogens with one attached hydrogen (secondary N) is 1. The summed E-state index contributed by atoms with van der Waals surface area (Å²) in [5.74, 6) is 0.811. The molecule has 6 heteroatoms. The molecule has 0 atom stereocenters. The van der Waals surface area contributed by atoms with Gasteiger partial charge in [-0.25, -0.2) is 4.68 Å². The van der Waals surface area contributed by atoms with Crippen LogP contribution in [0.1, 0.15) is 5.69 Å². The van der Waals surface area contributed by atoms with Crippen LogP contribution in [0.3, 0.4) is 0 Å². The Morgan fingerprint density at radius 3 is 2.86 bits per heavy atom. The number of hydrogen-bond acceptors (Lipinski definition) is 4. The Balaban J connectivity index is 1.56. The molecule has 5 nitrogen and oxygen atoms in total. The first-order valence-corrected chi connectivity index (χ1v) is 7.90. The molecule has 0 bridgehead atoms. The molecule has 4 rings (SSSR count). The van der Waals surface area contributed by atoms with Gasteiger partial charge < -0.3 is 0 Å². The van der Waals surface area contributed by atoms with E-state index in [9.17, 15) is 0 Å². The summed E-state index contributed by atoms with van der Waals surface area (Å²) in [6.07, 6.45) is 3.66. The smallest absolute Gasteiger partial charge is 0.0748 e. The van der Waals surface area contributed by atoms with Crippen molar-refractivity contribution in [2.24, 2.45) is 0 Å². The van der Waals surface area contributed by atoms with Crippen molar-refractivity contribution in [3.05, 3.63) is 66.6 Å². The minimum absolute atomic E-state index is 0.811. The van der Waals surface area contributed by atoms with Crippen LogP contribution in [0, 0.1) is 0 Å². The summed E-state index contributed by atoms with van der Waals surface area (Å²) in [4.78, 5) is 1.20. The van der Waals surface area contributed by atoms with Crippen LogP contribution < -0.4 is 0 Å². The minimum atomic E-state index is 0.811. The van der Waals surface area contributed by atoms with Gasteiger partial charge in [0.05, 0.1) is 29.3 Å². The van der Waals surface area contributed by atoms with Crippen molar-refractivity contribution in [3.63, 3.8) is 0 Å². The molecule has 2 heterocycles. The fraction of sp³-hybridized carbons (Fsp3) is 0.0625. The van der Waals surface area contributed by atoms with Gasteiger partial charge in [0.25, 0.3) is 0 Å². The molecule has 0 aliphatic carbocycles.